The highest BCUT2D eigenvalue weighted by atomic mass is 35.5. The van der Waals surface area contributed by atoms with Crippen LogP contribution in [0.25, 0.3) is 0 Å². The fourth-order valence-corrected chi connectivity index (χ4v) is 4.78. The van der Waals surface area contributed by atoms with Crippen molar-refractivity contribution in [3.63, 3.8) is 0 Å². The molecule has 7 heteroatoms. The van der Waals surface area contributed by atoms with Gasteiger partial charge in [0.1, 0.15) is 0 Å². The summed E-state index contributed by atoms with van der Waals surface area (Å²) in [6, 6.07) is 16.6. The Morgan fingerprint density at radius 3 is 2.13 bits per heavy atom. The Morgan fingerprint density at radius 1 is 1.07 bits per heavy atom. The minimum Gasteiger partial charge on any atom is -0.481 e. The van der Waals surface area contributed by atoms with E-state index >= 15 is 0 Å². The molecule has 1 saturated carbocycles. The fourth-order valence-electron chi connectivity index (χ4n) is 3.81. The molecule has 4 rings (SSSR count). The van der Waals surface area contributed by atoms with Crippen LogP contribution in [-0.4, -0.2) is 47.9 Å². The SMILES string of the molecule is Clc1cc(Cl)cc(C(c2ccccc2)N2CCNCC2)c1.O=C(O)CC1(CS)CC1. The van der Waals surface area contributed by atoms with E-state index in [1.54, 1.807) is 6.07 Å². The molecular weight excluding hydrogens is 439 g/mol. The third-order valence-corrected chi connectivity index (χ3v) is 6.76. The van der Waals surface area contributed by atoms with Crippen molar-refractivity contribution in [2.75, 3.05) is 31.9 Å². The maximum atomic E-state index is 10.2. The summed E-state index contributed by atoms with van der Waals surface area (Å²) >= 11 is 16.5. The number of nitrogens with zero attached hydrogens (tertiary/aromatic N) is 1. The summed E-state index contributed by atoms with van der Waals surface area (Å²) in [5.74, 6) is 0.0285. The van der Waals surface area contributed by atoms with Crippen LogP contribution in [0.4, 0.5) is 0 Å². The van der Waals surface area contributed by atoms with Crippen molar-refractivity contribution in [2.45, 2.75) is 25.3 Å². The lowest BCUT2D eigenvalue weighted by Gasteiger charge is -2.35. The first-order chi connectivity index (χ1) is 14.4. The molecule has 2 fully saturated rings. The van der Waals surface area contributed by atoms with E-state index in [1.165, 1.54) is 5.56 Å². The van der Waals surface area contributed by atoms with Gasteiger partial charge in [0.2, 0.25) is 0 Å². The third-order valence-electron chi connectivity index (χ3n) is 5.65. The van der Waals surface area contributed by atoms with E-state index in [-0.39, 0.29) is 11.5 Å². The molecule has 0 bridgehead atoms. The van der Waals surface area contributed by atoms with Crippen molar-refractivity contribution in [3.8, 4) is 0 Å². The van der Waals surface area contributed by atoms with Crippen LogP contribution in [0.15, 0.2) is 48.5 Å². The summed E-state index contributed by atoms with van der Waals surface area (Å²) in [6.07, 6.45) is 2.39. The minimum atomic E-state index is -0.693. The van der Waals surface area contributed by atoms with Gasteiger partial charge >= 0.3 is 5.97 Å². The van der Waals surface area contributed by atoms with Crippen LogP contribution in [-0.2, 0) is 4.79 Å². The number of rotatable bonds is 6. The molecule has 2 aliphatic rings. The highest BCUT2D eigenvalue weighted by Gasteiger charge is 2.42. The molecule has 1 saturated heterocycles. The Balaban J connectivity index is 0.000000239. The molecule has 1 unspecified atom stereocenters. The van der Waals surface area contributed by atoms with Gasteiger partial charge in [-0.25, -0.2) is 0 Å². The quantitative estimate of drug-likeness (QED) is 0.514. The monoisotopic (exact) mass is 466 g/mol. The topological polar surface area (TPSA) is 52.6 Å². The van der Waals surface area contributed by atoms with Gasteiger partial charge in [-0.3, -0.25) is 9.69 Å². The predicted molar refractivity (Wildman–Crippen MR) is 127 cm³/mol. The summed E-state index contributed by atoms with van der Waals surface area (Å²) in [5.41, 5.74) is 2.51. The molecule has 162 valence electrons. The Bertz CT molecular complexity index is 820. The van der Waals surface area contributed by atoms with Crippen molar-refractivity contribution in [1.82, 2.24) is 10.2 Å². The summed E-state index contributed by atoms with van der Waals surface area (Å²) < 4.78 is 0. The largest absolute Gasteiger partial charge is 0.481 e. The lowest BCUT2D eigenvalue weighted by Crippen LogP contribution is -2.45. The maximum Gasteiger partial charge on any atom is 0.303 e. The van der Waals surface area contributed by atoms with Crippen LogP contribution in [0.1, 0.15) is 36.4 Å². The first kappa shape index (κ1) is 23.4. The van der Waals surface area contributed by atoms with Crippen LogP contribution in [0, 0.1) is 5.41 Å². The number of nitrogens with one attached hydrogen (secondary N) is 1. The van der Waals surface area contributed by atoms with Crippen molar-refractivity contribution >= 4 is 41.8 Å². The molecule has 2 N–H and O–H groups in total. The van der Waals surface area contributed by atoms with Crippen LogP contribution in [0.5, 0.6) is 0 Å². The third kappa shape index (κ3) is 6.63. The standard InChI is InChI=1S/C17H18Cl2N2.C6H10O2S/c18-15-10-14(11-16(19)12-15)17(13-4-2-1-3-5-13)21-8-6-20-7-9-21;7-5(8)3-6(4-9)1-2-6/h1-5,10-12,17,20H,6-9H2;9H,1-4H2,(H,7,8). The van der Waals surface area contributed by atoms with E-state index in [4.69, 9.17) is 28.3 Å². The van der Waals surface area contributed by atoms with Crippen LogP contribution < -0.4 is 5.32 Å². The van der Waals surface area contributed by atoms with Gasteiger partial charge in [0.05, 0.1) is 12.5 Å². The molecule has 0 aromatic heterocycles. The van der Waals surface area contributed by atoms with Gasteiger partial charge in [0.15, 0.2) is 0 Å². The Kier molecular flexibility index (Phi) is 8.49. The number of aliphatic carboxylic acids is 1. The minimum absolute atomic E-state index is 0.0783. The lowest BCUT2D eigenvalue weighted by molar-refractivity contribution is -0.138. The first-order valence-electron chi connectivity index (χ1n) is 10.2. The highest BCUT2D eigenvalue weighted by Crippen LogP contribution is 2.49. The molecule has 4 nitrogen and oxygen atoms in total. The van der Waals surface area contributed by atoms with Gasteiger partial charge in [-0.1, -0.05) is 53.5 Å². The molecule has 1 heterocycles. The van der Waals surface area contributed by atoms with E-state index in [2.05, 4.69) is 47.1 Å². The van der Waals surface area contributed by atoms with Crippen molar-refractivity contribution < 1.29 is 9.90 Å². The zero-order valence-corrected chi connectivity index (χ0v) is 19.3. The van der Waals surface area contributed by atoms with Crippen molar-refractivity contribution in [2.24, 2.45) is 5.41 Å². The second kappa shape index (κ2) is 10.9. The van der Waals surface area contributed by atoms with Crippen LogP contribution in [0.3, 0.4) is 0 Å². The number of thiol groups is 1. The number of benzene rings is 2. The average Bonchev–Trinajstić information content (AvgIpc) is 3.49. The van der Waals surface area contributed by atoms with E-state index in [1.807, 2.05) is 18.2 Å². The number of carboxylic acid groups (broad SMARTS) is 1. The molecule has 0 amide bonds. The maximum absolute atomic E-state index is 10.2. The molecule has 2 aromatic rings. The van der Waals surface area contributed by atoms with Gasteiger partial charge in [-0.15, -0.1) is 0 Å². The van der Waals surface area contributed by atoms with Crippen LogP contribution in [0.2, 0.25) is 10.0 Å². The summed E-state index contributed by atoms with van der Waals surface area (Å²) in [7, 11) is 0. The van der Waals surface area contributed by atoms with E-state index in [9.17, 15) is 4.79 Å². The zero-order valence-electron chi connectivity index (χ0n) is 16.9. The first-order valence-corrected chi connectivity index (χ1v) is 11.6. The molecule has 1 aliphatic heterocycles. The van der Waals surface area contributed by atoms with E-state index in [0.29, 0.717) is 16.5 Å². The predicted octanol–water partition coefficient (Wildman–Crippen LogP) is 5.16. The number of hydrogen-bond acceptors (Lipinski definition) is 4. The Labute approximate surface area is 194 Å². The zero-order chi connectivity index (χ0) is 21.6. The van der Waals surface area contributed by atoms with E-state index in [0.717, 1.165) is 50.3 Å². The number of hydrogen-bond donors (Lipinski definition) is 3. The number of carbonyl (C=O) groups is 1. The van der Waals surface area contributed by atoms with Gasteiger partial charge < -0.3 is 10.4 Å². The van der Waals surface area contributed by atoms with Crippen LogP contribution >= 0.6 is 35.8 Å². The molecular formula is C23H28Cl2N2O2S. The fraction of sp³-hybridized carbons (Fsp3) is 0.435. The van der Waals surface area contributed by atoms with Crippen molar-refractivity contribution in [1.29, 1.82) is 0 Å². The number of halogens is 2. The van der Waals surface area contributed by atoms with Gasteiger partial charge in [-0.05, 0) is 53.3 Å². The molecule has 1 aliphatic carbocycles. The smallest absolute Gasteiger partial charge is 0.303 e. The average molecular weight is 467 g/mol. The van der Waals surface area contributed by atoms with Gasteiger partial charge in [0.25, 0.3) is 0 Å². The molecule has 2 aromatic carbocycles. The van der Waals surface area contributed by atoms with E-state index < -0.39 is 5.97 Å². The lowest BCUT2D eigenvalue weighted by atomic mass is 9.96. The Morgan fingerprint density at radius 2 is 1.67 bits per heavy atom. The second-order valence-electron chi connectivity index (χ2n) is 8.03. The summed E-state index contributed by atoms with van der Waals surface area (Å²) in [6.45, 7) is 4.06. The molecule has 0 spiro atoms. The summed E-state index contributed by atoms with van der Waals surface area (Å²) in [5, 5.41) is 13.2. The Hall–Kier alpha value is -1.24. The molecule has 0 radical (unpaired) electrons. The van der Waals surface area contributed by atoms with Gasteiger partial charge in [0, 0.05) is 36.2 Å². The molecule has 1 atom stereocenters. The normalized spacial score (nSPS) is 18.8. The summed E-state index contributed by atoms with van der Waals surface area (Å²) in [4.78, 5) is 12.7. The van der Waals surface area contributed by atoms with Gasteiger partial charge in [-0.2, -0.15) is 12.6 Å². The van der Waals surface area contributed by atoms with Crippen molar-refractivity contribution in [3.05, 3.63) is 69.7 Å². The molecule has 30 heavy (non-hydrogen) atoms. The second-order valence-corrected chi connectivity index (χ2v) is 9.22. The number of carboxylic acids is 1. The number of piperazine rings is 1. The highest BCUT2D eigenvalue weighted by molar-refractivity contribution is 7.80.